The molecule has 2 amide bonds. The van der Waals surface area contributed by atoms with Gasteiger partial charge in [0.15, 0.2) is 0 Å². The third kappa shape index (κ3) is 4.49. The van der Waals surface area contributed by atoms with Gasteiger partial charge >= 0.3 is 0 Å². The van der Waals surface area contributed by atoms with E-state index in [0.717, 1.165) is 0 Å². The Morgan fingerprint density at radius 1 is 0.871 bits per heavy atom. The SMILES string of the molecule is COCCCN1C(=O)C(Nc2ccc(OC)cc2OC)=C(c2ccccc2OC)C1=O. The zero-order valence-electron chi connectivity index (χ0n) is 18.1. The Labute approximate surface area is 181 Å². The van der Waals surface area contributed by atoms with Gasteiger partial charge in [-0.2, -0.15) is 0 Å². The first kappa shape index (κ1) is 22.2. The topological polar surface area (TPSA) is 86.3 Å². The molecule has 1 N–H and O–H groups in total. The van der Waals surface area contributed by atoms with Crippen molar-refractivity contribution in [3.63, 3.8) is 0 Å². The van der Waals surface area contributed by atoms with Crippen LogP contribution in [0, 0.1) is 0 Å². The van der Waals surface area contributed by atoms with Crippen LogP contribution in [0.5, 0.6) is 17.2 Å². The van der Waals surface area contributed by atoms with Gasteiger partial charge in [0.05, 0.1) is 32.6 Å². The minimum absolute atomic E-state index is 0.162. The van der Waals surface area contributed by atoms with Crippen molar-refractivity contribution in [3.8, 4) is 17.2 Å². The number of amides is 2. The van der Waals surface area contributed by atoms with E-state index >= 15 is 0 Å². The molecule has 0 atom stereocenters. The third-order valence-corrected chi connectivity index (χ3v) is 4.94. The minimum atomic E-state index is -0.417. The summed E-state index contributed by atoms with van der Waals surface area (Å²) in [6.45, 7) is 0.686. The lowest BCUT2D eigenvalue weighted by molar-refractivity contribution is -0.137. The number of rotatable bonds is 10. The summed E-state index contributed by atoms with van der Waals surface area (Å²) in [5, 5.41) is 3.11. The van der Waals surface area contributed by atoms with Crippen LogP contribution in [0.4, 0.5) is 5.69 Å². The molecular weight excluding hydrogens is 400 g/mol. The van der Waals surface area contributed by atoms with Crippen molar-refractivity contribution < 1.29 is 28.5 Å². The van der Waals surface area contributed by atoms with Crippen LogP contribution in [0.3, 0.4) is 0 Å². The highest BCUT2D eigenvalue weighted by Crippen LogP contribution is 2.37. The number of hydrogen-bond donors (Lipinski definition) is 1. The standard InChI is InChI=1S/C23H26N2O6/c1-28-13-7-12-25-22(26)20(16-8-5-6-9-18(16)30-3)21(23(25)27)24-17-11-10-15(29-2)14-19(17)31-4/h5-6,8-11,14,24H,7,12-13H2,1-4H3. The second kappa shape index (κ2) is 9.99. The van der Waals surface area contributed by atoms with Crippen molar-refractivity contribution >= 4 is 23.1 Å². The molecule has 8 heteroatoms. The van der Waals surface area contributed by atoms with E-state index in [4.69, 9.17) is 18.9 Å². The Hall–Kier alpha value is -3.52. The van der Waals surface area contributed by atoms with E-state index < -0.39 is 5.91 Å². The molecule has 2 aromatic carbocycles. The van der Waals surface area contributed by atoms with Crippen molar-refractivity contribution in [2.45, 2.75) is 6.42 Å². The van der Waals surface area contributed by atoms with Gasteiger partial charge in [0, 0.05) is 31.9 Å². The average Bonchev–Trinajstić information content (AvgIpc) is 3.03. The maximum atomic E-state index is 13.3. The fraction of sp³-hybridized carbons (Fsp3) is 0.304. The van der Waals surface area contributed by atoms with Gasteiger partial charge in [-0.15, -0.1) is 0 Å². The van der Waals surface area contributed by atoms with Gasteiger partial charge in [-0.3, -0.25) is 14.5 Å². The molecule has 0 saturated heterocycles. The summed E-state index contributed by atoms with van der Waals surface area (Å²) >= 11 is 0. The number of ether oxygens (including phenoxy) is 4. The highest BCUT2D eigenvalue weighted by Gasteiger charge is 2.40. The van der Waals surface area contributed by atoms with E-state index in [0.29, 0.717) is 41.5 Å². The summed E-state index contributed by atoms with van der Waals surface area (Å²) in [4.78, 5) is 27.8. The zero-order valence-corrected chi connectivity index (χ0v) is 18.1. The molecule has 1 aliphatic heterocycles. The maximum Gasteiger partial charge on any atom is 0.278 e. The maximum absolute atomic E-state index is 13.3. The number of para-hydroxylation sites is 1. The van der Waals surface area contributed by atoms with E-state index in [-0.39, 0.29) is 23.7 Å². The van der Waals surface area contributed by atoms with E-state index in [1.54, 1.807) is 56.7 Å². The monoisotopic (exact) mass is 426 g/mol. The van der Waals surface area contributed by atoms with Gasteiger partial charge < -0.3 is 24.3 Å². The largest absolute Gasteiger partial charge is 0.497 e. The fourth-order valence-electron chi connectivity index (χ4n) is 3.40. The molecule has 1 aliphatic rings. The molecule has 31 heavy (non-hydrogen) atoms. The molecule has 0 aliphatic carbocycles. The normalized spacial score (nSPS) is 13.6. The highest BCUT2D eigenvalue weighted by molar-refractivity contribution is 6.37. The molecule has 0 spiro atoms. The van der Waals surface area contributed by atoms with Crippen LogP contribution >= 0.6 is 0 Å². The molecule has 0 bridgehead atoms. The van der Waals surface area contributed by atoms with Gasteiger partial charge in [0.25, 0.3) is 11.8 Å². The second-order valence-corrected chi connectivity index (χ2v) is 6.75. The highest BCUT2D eigenvalue weighted by atomic mass is 16.5. The first-order valence-corrected chi connectivity index (χ1v) is 9.77. The molecule has 0 aromatic heterocycles. The molecule has 0 unspecified atom stereocenters. The third-order valence-electron chi connectivity index (χ3n) is 4.94. The Bertz CT molecular complexity index is 1000. The van der Waals surface area contributed by atoms with Gasteiger partial charge in [-0.05, 0) is 24.6 Å². The Morgan fingerprint density at radius 3 is 2.29 bits per heavy atom. The van der Waals surface area contributed by atoms with Gasteiger partial charge in [0.1, 0.15) is 22.9 Å². The van der Waals surface area contributed by atoms with Gasteiger partial charge in [0.2, 0.25) is 0 Å². The molecule has 0 saturated carbocycles. The van der Waals surface area contributed by atoms with Crippen LogP contribution in [0.15, 0.2) is 48.2 Å². The number of nitrogens with one attached hydrogen (secondary N) is 1. The lowest BCUT2D eigenvalue weighted by atomic mass is 10.0. The Kier molecular flexibility index (Phi) is 7.15. The summed E-state index contributed by atoms with van der Waals surface area (Å²) in [6.07, 6.45) is 0.534. The molecule has 164 valence electrons. The molecule has 8 nitrogen and oxygen atoms in total. The number of imide groups is 1. The first-order valence-electron chi connectivity index (χ1n) is 9.77. The Morgan fingerprint density at radius 2 is 1.61 bits per heavy atom. The number of hydrogen-bond acceptors (Lipinski definition) is 7. The molecular formula is C23H26N2O6. The number of methoxy groups -OCH3 is 4. The van der Waals surface area contributed by atoms with Crippen molar-refractivity contribution in [2.24, 2.45) is 0 Å². The first-order chi connectivity index (χ1) is 15.0. The lowest BCUT2D eigenvalue weighted by Crippen LogP contribution is -2.34. The molecule has 3 rings (SSSR count). The number of anilines is 1. The van der Waals surface area contributed by atoms with E-state index in [9.17, 15) is 9.59 Å². The molecule has 2 aromatic rings. The second-order valence-electron chi connectivity index (χ2n) is 6.75. The number of carbonyl (C=O) groups excluding carboxylic acids is 2. The smallest absolute Gasteiger partial charge is 0.278 e. The summed E-state index contributed by atoms with van der Waals surface area (Å²) in [7, 11) is 6.18. The fourth-order valence-corrected chi connectivity index (χ4v) is 3.40. The minimum Gasteiger partial charge on any atom is -0.497 e. The summed E-state index contributed by atoms with van der Waals surface area (Å²) < 4.78 is 21.2. The van der Waals surface area contributed by atoms with Crippen molar-refractivity contribution in [1.82, 2.24) is 4.90 Å². The predicted octanol–water partition coefficient (Wildman–Crippen LogP) is 2.94. The van der Waals surface area contributed by atoms with E-state index in [1.165, 1.54) is 19.1 Å². The number of nitrogens with zero attached hydrogens (tertiary/aromatic N) is 1. The number of benzene rings is 2. The van der Waals surface area contributed by atoms with Crippen molar-refractivity contribution in [3.05, 3.63) is 53.7 Å². The van der Waals surface area contributed by atoms with Crippen LogP contribution < -0.4 is 19.5 Å². The molecule has 1 heterocycles. The zero-order chi connectivity index (χ0) is 22.4. The van der Waals surface area contributed by atoms with Crippen LogP contribution in [-0.2, 0) is 14.3 Å². The Balaban J connectivity index is 2.08. The van der Waals surface area contributed by atoms with Crippen LogP contribution in [0.1, 0.15) is 12.0 Å². The van der Waals surface area contributed by atoms with Crippen molar-refractivity contribution in [1.29, 1.82) is 0 Å². The van der Waals surface area contributed by atoms with E-state index in [2.05, 4.69) is 5.32 Å². The van der Waals surface area contributed by atoms with Crippen molar-refractivity contribution in [2.75, 3.05) is 46.9 Å². The summed E-state index contributed by atoms with van der Waals surface area (Å²) in [5.41, 5.74) is 1.48. The number of carbonyl (C=O) groups is 2. The molecule has 0 fully saturated rings. The average molecular weight is 426 g/mol. The molecule has 0 radical (unpaired) electrons. The van der Waals surface area contributed by atoms with Crippen LogP contribution in [0.25, 0.3) is 5.57 Å². The quantitative estimate of drug-likeness (QED) is 0.462. The van der Waals surface area contributed by atoms with E-state index in [1.807, 2.05) is 0 Å². The van der Waals surface area contributed by atoms with Crippen LogP contribution in [-0.4, -0.2) is 58.3 Å². The predicted molar refractivity (Wildman–Crippen MR) is 116 cm³/mol. The lowest BCUT2D eigenvalue weighted by Gasteiger charge is -2.16. The summed E-state index contributed by atoms with van der Waals surface area (Å²) in [6, 6.07) is 12.3. The van der Waals surface area contributed by atoms with Crippen LogP contribution in [0.2, 0.25) is 0 Å². The summed E-state index contributed by atoms with van der Waals surface area (Å²) in [5.74, 6) is 0.777. The van der Waals surface area contributed by atoms with Gasteiger partial charge in [-0.25, -0.2) is 0 Å². The van der Waals surface area contributed by atoms with Gasteiger partial charge in [-0.1, -0.05) is 18.2 Å².